The number of carbonyl (C=O) groups is 1. The van der Waals surface area contributed by atoms with Gasteiger partial charge >= 0.3 is 0 Å². The van der Waals surface area contributed by atoms with Crippen molar-refractivity contribution < 1.29 is 22.7 Å². The van der Waals surface area contributed by atoms with E-state index < -0.39 is 38.3 Å². The van der Waals surface area contributed by atoms with Gasteiger partial charge in [0.2, 0.25) is 9.84 Å². The standard InChI is InChI=1S/C24H19ClFNO4S/c1-15-2-12-20(13-3-15)32(30,31)23-21(17-6-10-19(26)11-7-17)27(24(29)22(23)28)14-16-4-8-18(25)9-5-16/h2-13,21,28H,14H2,1H3/t21-/m1/s1. The van der Waals surface area contributed by atoms with Gasteiger partial charge in [-0.3, -0.25) is 4.79 Å². The predicted molar refractivity (Wildman–Crippen MR) is 119 cm³/mol. The zero-order chi connectivity index (χ0) is 23.0. The quantitative estimate of drug-likeness (QED) is 0.560. The molecule has 0 aromatic heterocycles. The maximum atomic E-state index is 13.6. The maximum Gasteiger partial charge on any atom is 0.290 e. The first-order valence-electron chi connectivity index (χ1n) is 9.74. The van der Waals surface area contributed by atoms with Gasteiger partial charge in [-0.2, -0.15) is 0 Å². The van der Waals surface area contributed by atoms with Crippen LogP contribution in [0.1, 0.15) is 22.7 Å². The van der Waals surface area contributed by atoms with Crippen molar-refractivity contribution in [3.8, 4) is 0 Å². The third kappa shape index (κ3) is 4.01. The molecular weight excluding hydrogens is 453 g/mol. The van der Waals surface area contributed by atoms with E-state index in [0.29, 0.717) is 16.1 Å². The van der Waals surface area contributed by atoms with Gasteiger partial charge in [-0.1, -0.05) is 53.6 Å². The summed E-state index contributed by atoms with van der Waals surface area (Å²) >= 11 is 5.94. The Morgan fingerprint density at radius 1 is 0.969 bits per heavy atom. The van der Waals surface area contributed by atoms with Gasteiger partial charge in [0, 0.05) is 11.6 Å². The van der Waals surface area contributed by atoms with Crippen LogP contribution in [-0.4, -0.2) is 24.3 Å². The number of hydrogen-bond acceptors (Lipinski definition) is 4. The summed E-state index contributed by atoms with van der Waals surface area (Å²) in [7, 11) is -4.22. The Morgan fingerprint density at radius 2 is 1.56 bits per heavy atom. The number of rotatable bonds is 5. The second-order valence-electron chi connectivity index (χ2n) is 7.54. The van der Waals surface area contributed by atoms with E-state index in [1.165, 1.54) is 41.3 Å². The lowest BCUT2D eigenvalue weighted by Crippen LogP contribution is -2.30. The van der Waals surface area contributed by atoms with E-state index in [4.69, 9.17) is 11.6 Å². The molecular formula is C24H19ClFNO4S. The number of aryl methyl sites for hydroxylation is 1. The number of benzene rings is 3. The first-order chi connectivity index (χ1) is 15.2. The SMILES string of the molecule is Cc1ccc(S(=O)(=O)C2=C(O)C(=O)N(Cc3ccc(Cl)cc3)[C@@H]2c2ccc(F)cc2)cc1. The number of sulfone groups is 1. The zero-order valence-electron chi connectivity index (χ0n) is 17.0. The Kier molecular flexibility index (Phi) is 5.79. The van der Waals surface area contributed by atoms with Crippen LogP contribution in [0.25, 0.3) is 0 Å². The molecule has 1 heterocycles. The molecule has 3 aromatic rings. The molecule has 1 N–H and O–H groups in total. The van der Waals surface area contributed by atoms with Gasteiger partial charge in [-0.15, -0.1) is 0 Å². The number of hydrogen-bond donors (Lipinski definition) is 1. The van der Waals surface area contributed by atoms with Gasteiger partial charge < -0.3 is 10.0 Å². The van der Waals surface area contributed by atoms with Crippen LogP contribution in [0.2, 0.25) is 5.02 Å². The molecule has 0 saturated heterocycles. The topological polar surface area (TPSA) is 74.7 Å². The van der Waals surface area contributed by atoms with Crippen molar-refractivity contribution in [2.45, 2.75) is 24.4 Å². The molecule has 3 aromatic carbocycles. The lowest BCUT2D eigenvalue weighted by atomic mass is 10.1. The van der Waals surface area contributed by atoms with Crippen molar-refractivity contribution in [2.24, 2.45) is 0 Å². The van der Waals surface area contributed by atoms with Crippen molar-refractivity contribution in [3.05, 3.63) is 111 Å². The third-order valence-electron chi connectivity index (χ3n) is 5.33. The molecule has 1 aliphatic rings. The largest absolute Gasteiger partial charge is 0.502 e. The molecule has 1 aliphatic heterocycles. The summed E-state index contributed by atoms with van der Waals surface area (Å²) in [5.41, 5.74) is 1.92. The molecule has 4 rings (SSSR count). The fourth-order valence-electron chi connectivity index (χ4n) is 3.67. The Balaban J connectivity index is 1.84. The minimum atomic E-state index is -4.22. The summed E-state index contributed by atoms with van der Waals surface area (Å²) < 4.78 is 40.6. The molecule has 32 heavy (non-hydrogen) atoms. The first-order valence-corrected chi connectivity index (χ1v) is 11.6. The second kappa shape index (κ2) is 8.41. The fraction of sp³-hybridized carbons (Fsp3) is 0.125. The average Bonchev–Trinajstić information content (AvgIpc) is 3.01. The van der Waals surface area contributed by atoms with Crippen LogP contribution in [0.3, 0.4) is 0 Å². The molecule has 1 atom stereocenters. The highest BCUT2D eigenvalue weighted by Gasteiger charge is 2.46. The van der Waals surface area contributed by atoms with Gasteiger partial charge in [0.1, 0.15) is 10.7 Å². The molecule has 164 valence electrons. The third-order valence-corrected chi connectivity index (χ3v) is 7.47. The monoisotopic (exact) mass is 471 g/mol. The van der Waals surface area contributed by atoms with Crippen LogP contribution >= 0.6 is 11.6 Å². The van der Waals surface area contributed by atoms with E-state index in [1.54, 1.807) is 36.4 Å². The Hall–Kier alpha value is -3.16. The van der Waals surface area contributed by atoms with Crippen molar-refractivity contribution in [2.75, 3.05) is 0 Å². The summed E-state index contributed by atoms with van der Waals surface area (Å²) in [5.74, 6) is -2.16. The summed E-state index contributed by atoms with van der Waals surface area (Å²) in [6.07, 6.45) is 0. The summed E-state index contributed by atoms with van der Waals surface area (Å²) in [4.78, 5) is 13.8. The number of aliphatic hydroxyl groups excluding tert-OH is 1. The highest BCUT2D eigenvalue weighted by atomic mass is 35.5. The Labute approximate surface area is 190 Å². The van der Waals surface area contributed by atoms with E-state index >= 15 is 0 Å². The Bertz CT molecular complexity index is 1300. The second-order valence-corrected chi connectivity index (χ2v) is 9.90. The molecule has 0 radical (unpaired) electrons. The number of amides is 1. The van der Waals surface area contributed by atoms with E-state index in [-0.39, 0.29) is 11.4 Å². The van der Waals surface area contributed by atoms with Crippen molar-refractivity contribution in [1.82, 2.24) is 4.90 Å². The van der Waals surface area contributed by atoms with Crippen molar-refractivity contribution in [3.63, 3.8) is 0 Å². The van der Waals surface area contributed by atoms with Gasteiger partial charge in [0.25, 0.3) is 5.91 Å². The highest BCUT2D eigenvalue weighted by Crippen LogP contribution is 2.43. The predicted octanol–water partition coefficient (Wildman–Crippen LogP) is 5.11. The normalized spacial score (nSPS) is 16.7. The van der Waals surface area contributed by atoms with Crippen LogP contribution in [0.4, 0.5) is 4.39 Å². The molecule has 5 nitrogen and oxygen atoms in total. The van der Waals surface area contributed by atoms with Gasteiger partial charge in [-0.05, 0) is 54.4 Å². The molecule has 0 bridgehead atoms. The number of carbonyl (C=O) groups excluding carboxylic acids is 1. The molecule has 1 amide bonds. The first kappa shape index (κ1) is 22.0. The minimum Gasteiger partial charge on any atom is -0.502 e. The molecule has 0 fully saturated rings. The van der Waals surface area contributed by atoms with Crippen LogP contribution in [-0.2, 0) is 21.2 Å². The molecule has 0 aliphatic carbocycles. The van der Waals surface area contributed by atoms with Crippen LogP contribution in [0, 0.1) is 12.7 Å². The number of nitrogens with zero attached hydrogens (tertiary/aromatic N) is 1. The van der Waals surface area contributed by atoms with E-state index in [9.17, 15) is 22.7 Å². The van der Waals surface area contributed by atoms with Gasteiger partial charge in [0.05, 0.1) is 10.9 Å². The van der Waals surface area contributed by atoms with E-state index in [2.05, 4.69) is 0 Å². The highest BCUT2D eigenvalue weighted by molar-refractivity contribution is 7.95. The fourth-order valence-corrected chi connectivity index (χ4v) is 5.45. The summed E-state index contributed by atoms with van der Waals surface area (Å²) in [6.45, 7) is 1.84. The lowest BCUT2D eigenvalue weighted by molar-refractivity contribution is -0.130. The molecule has 0 spiro atoms. The number of aliphatic hydroxyl groups is 1. The van der Waals surface area contributed by atoms with Crippen molar-refractivity contribution >= 4 is 27.3 Å². The maximum absolute atomic E-state index is 13.6. The van der Waals surface area contributed by atoms with Crippen LogP contribution in [0.5, 0.6) is 0 Å². The average molecular weight is 472 g/mol. The zero-order valence-corrected chi connectivity index (χ0v) is 18.6. The summed E-state index contributed by atoms with van der Waals surface area (Å²) in [6, 6.07) is 16.9. The van der Waals surface area contributed by atoms with E-state index in [0.717, 1.165) is 5.56 Å². The smallest absolute Gasteiger partial charge is 0.290 e. The molecule has 8 heteroatoms. The number of halogens is 2. The Morgan fingerprint density at radius 3 is 2.16 bits per heavy atom. The van der Waals surface area contributed by atoms with E-state index in [1.807, 2.05) is 6.92 Å². The van der Waals surface area contributed by atoms with Gasteiger partial charge in [-0.25, -0.2) is 12.8 Å². The van der Waals surface area contributed by atoms with Gasteiger partial charge in [0.15, 0.2) is 5.76 Å². The minimum absolute atomic E-state index is 0.0228. The van der Waals surface area contributed by atoms with Crippen LogP contribution in [0.15, 0.2) is 88.4 Å². The molecule has 0 saturated carbocycles. The lowest BCUT2D eigenvalue weighted by Gasteiger charge is -2.27. The van der Waals surface area contributed by atoms with Crippen LogP contribution < -0.4 is 0 Å². The van der Waals surface area contributed by atoms with Crippen molar-refractivity contribution in [1.29, 1.82) is 0 Å². The molecule has 0 unspecified atom stereocenters. The summed E-state index contributed by atoms with van der Waals surface area (Å²) in [5, 5.41) is 11.2.